The maximum absolute atomic E-state index is 5.56. The molecule has 0 saturated carbocycles. The van der Waals surface area contributed by atoms with Crippen LogP contribution in [0.4, 0.5) is 0 Å². The van der Waals surface area contributed by atoms with Crippen molar-refractivity contribution in [1.82, 2.24) is 5.32 Å². The quantitative estimate of drug-likeness (QED) is 0.479. The van der Waals surface area contributed by atoms with Crippen molar-refractivity contribution in [2.24, 2.45) is 5.92 Å². The van der Waals surface area contributed by atoms with Crippen LogP contribution in [0.3, 0.4) is 0 Å². The lowest BCUT2D eigenvalue weighted by Gasteiger charge is -2.12. The highest BCUT2D eigenvalue weighted by Crippen LogP contribution is 1.96. The Hall–Kier alpha value is -0.340. The van der Waals surface area contributed by atoms with Gasteiger partial charge in [0.25, 0.3) is 0 Å². The zero-order valence-corrected chi connectivity index (χ0v) is 10.0. The molecule has 14 heavy (non-hydrogen) atoms. The van der Waals surface area contributed by atoms with E-state index in [1.165, 1.54) is 0 Å². The third-order valence-electron chi connectivity index (χ3n) is 1.99. The molecule has 2 nitrogen and oxygen atoms in total. The van der Waals surface area contributed by atoms with Crippen molar-refractivity contribution >= 4 is 0 Å². The van der Waals surface area contributed by atoms with Gasteiger partial charge in [-0.3, -0.25) is 0 Å². The van der Waals surface area contributed by atoms with Crippen LogP contribution in [0, 0.1) is 5.92 Å². The first-order valence-corrected chi connectivity index (χ1v) is 5.60. The molecule has 0 heterocycles. The van der Waals surface area contributed by atoms with Crippen LogP contribution in [0.1, 0.15) is 34.1 Å². The first-order chi connectivity index (χ1) is 6.66. The van der Waals surface area contributed by atoms with Gasteiger partial charge in [-0.25, -0.2) is 0 Å². The number of ether oxygens (including phenoxy) is 1. The molecule has 1 unspecified atom stereocenters. The summed E-state index contributed by atoms with van der Waals surface area (Å²) in [6.45, 7) is 11.5. The van der Waals surface area contributed by atoms with Crippen molar-refractivity contribution in [3.8, 4) is 0 Å². The SMILES string of the molecule is CC=CCOC(C)CCNCC(C)C. The van der Waals surface area contributed by atoms with E-state index in [1.54, 1.807) is 0 Å². The molecule has 0 aliphatic heterocycles. The fourth-order valence-corrected chi connectivity index (χ4v) is 1.10. The topological polar surface area (TPSA) is 21.3 Å². The summed E-state index contributed by atoms with van der Waals surface area (Å²) in [7, 11) is 0. The maximum atomic E-state index is 5.56. The molecule has 0 spiro atoms. The largest absolute Gasteiger partial charge is 0.374 e. The minimum atomic E-state index is 0.353. The average Bonchev–Trinajstić information content (AvgIpc) is 2.13. The predicted octanol–water partition coefficient (Wildman–Crippen LogP) is 2.60. The minimum absolute atomic E-state index is 0.353. The number of allylic oxidation sites excluding steroid dienone is 1. The second-order valence-corrected chi connectivity index (χ2v) is 4.10. The van der Waals surface area contributed by atoms with Gasteiger partial charge in [0.15, 0.2) is 0 Å². The first kappa shape index (κ1) is 13.7. The van der Waals surface area contributed by atoms with E-state index in [4.69, 9.17) is 4.74 Å². The Morgan fingerprint density at radius 1 is 1.29 bits per heavy atom. The van der Waals surface area contributed by atoms with Gasteiger partial charge in [-0.15, -0.1) is 0 Å². The van der Waals surface area contributed by atoms with Gasteiger partial charge in [-0.1, -0.05) is 26.0 Å². The van der Waals surface area contributed by atoms with Crippen molar-refractivity contribution < 1.29 is 4.74 Å². The molecule has 0 rings (SSSR count). The van der Waals surface area contributed by atoms with Gasteiger partial charge in [0.1, 0.15) is 0 Å². The molecule has 0 aromatic rings. The first-order valence-electron chi connectivity index (χ1n) is 5.60. The Kier molecular flexibility index (Phi) is 9.00. The van der Waals surface area contributed by atoms with Gasteiger partial charge in [0.05, 0.1) is 12.7 Å². The van der Waals surface area contributed by atoms with E-state index in [0.717, 1.165) is 32.0 Å². The number of nitrogens with one attached hydrogen (secondary N) is 1. The van der Waals surface area contributed by atoms with Crippen LogP contribution in [0.5, 0.6) is 0 Å². The van der Waals surface area contributed by atoms with Crippen molar-refractivity contribution in [2.75, 3.05) is 19.7 Å². The van der Waals surface area contributed by atoms with Crippen LogP contribution < -0.4 is 5.32 Å². The molecule has 0 radical (unpaired) electrons. The van der Waals surface area contributed by atoms with Crippen molar-refractivity contribution in [3.63, 3.8) is 0 Å². The van der Waals surface area contributed by atoms with Gasteiger partial charge in [-0.2, -0.15) is 0 Å². The van der Waals surface area contributed by atoms with Crippen molar-refractivity contribution in [3.05, 3.63) is 12.2 Å². The molecule has 0 aliphatic rings. The molecule has 0 bridgehead atoms. The van der Waals surface area contributed by atoms with Crippen molar-refractivity contribution in [1.29, 1.82) is 0 Å². The van der Waals surface area contributed by atoms with Crippen LogP contribution in [0.25, 0.3) is 0 Å². The predicted molar refractivity (Wildman–Crippen MR) is 62.6 cm³/mol. The van der Waals surface area contributed by atoms with Gasteiger partial charge < -0.3 is 10.1 Å². The molecule has 0 amide bonds. The summed E-state index contributed by atoms with van der Waals surface area (Å²) >= 11 is 0. The molecule has 0 aromatic heterocycles. The Labute approximate surface area is 88.7 Å². The summed E-state index contributed by atoms with van der Waals surface area (Å²) in [4.78, 5) is 0. The summed E-state index contributed by atoms with van der Waals surface area (Å²) < 4.78 is 5.56. The molecular weight excluding hydrogens is 174 g/mol. The summed E-state index contributed by atoms with van der Waals surface area (Å²) in [5.74, 6) is 0.731. The Morgan fingerprint density at radius 2 is 2.00 bits per heavy atom. The van der Waals surface area contributed by atoms with E-state index in [0.29, 0.717) is 6.10 Å². The highest BCUT2D eigenvalue weighted by molar-refractivity contribution is 4.76. The third kappa shape index (κ3) is 9.75. The van der Waals surface area contributed by atoms with E-state index in [9.17, 15) is 0 Å². The van der Waals surface area contributed by atoms with Gasteiger partial charge >= 0.3 is 0 Å². The Bertz CT molecular complexity index is 143. The lowest BCUT2D eigenvalue weighted by molar-refractivity contribution is 0.0818. The summed E-state index contributed by atoms with van der Waals surface area (Å²) in [5.41, 5.74) is 0. The van der Waals surface area contributed by atoms with Crippen LogP contribution in [0.15, 0.2) is 12.2 Å². The molecule has 1 atom stereocenters. The molecule has 0 aromatic carbocycles. The zero-order chi connectivity index (χ0) is 10.8. The fourth-order valence-electron chi connectivity index (χ4n) is 1.10. The number of hydrogen-bond acceptors (Lipinski definition) is 2. The van der Waals surface area contributed by atoms with E-state index in [1.807, 2.05) is 19.1 Å². The normalized spacial score (nSPS) is 14.1. The summed E-state index contributed by atoms with van der Waals surface area (Å²) in [6.07, 6.45) is 5.50. The van der Waals surface area contributed by atoms with E-state index in [2.05, 4.69) is 26.1 Å². The van der Waals surface area contributed by atoms with Crippen molar-refractivity contribution in [2.45, 2.75) is 40.2 Å². The van der Waals surface area contributed by atoms with E-state index < -0.39 is 0 Å². The molecule has 0 fully saturated rings. The monoisotopic (exact) mass is 199 g/mol. The molecule has 1 N–H and O–H groups in total. The lowest BCUT2D eigenvalue weighted by Crippen LogP contribution is -2.24. The number of hydrogen-bond donors (Lipinski definition) is 1. The van der Waals surface area contributed by atoms with Crippen LogP contribution in [-0.2, 0) is 4.74 Å². The fraction of sp³-hybridized carbons (Fsp3) is 0.833. The molecule has 2 heteroatoms. The van der Waals surface area contributed by atoms with E-state index >= 15 is 0 Å². The third-order valence-corrected chi connectivity index (χ3v) is 1.99. The maximum Gasteiger partial charge on any atom is 0.0650 e. The molecule has 84 valence electrons. The van der Waals surface area contributed by atoms with Crippen LogP contribution >= 0.6 is 0 Å². The van der Waals surface area contributed by atoms with Gasteiger partial charge in [0, 0.05) is 0 Å². The van der Waals surface area contributed by atoms with Gasteiger partial charge in [0.2, 0.25) is 0 Å². The second-order valence-electron chi connectivity index (χ2n) is 4.10. The zero-order valence-electron chi connectivity index (χ0n) is 10.0. The molecule has 0 aliphatic carbocycles. The lowest BCUT2D eigenvalue weighted by atomic mass is 10.2. The van der Waals surface area contributed by atoms with Crippen LogP contribution in [0.2, 0.25) is 0 Å². The summed E-state index contributed by atoms with van der Waals surface area (Å²) in [5, 5.41) is 3.41. The Balaban J connectivity index is 3.22. The highest BCUT2D eigenvalue weighted by Gasteiger charge is 2.00. The van der Waals surface area contributed by atoms with E-state index in [-0.39, 0.29) is 0 Å². The Morgan fingerprint density at radius 3 is 2.57 bits per heavy atom. The second kappa shape index (κ2) is 9.22. The number of rotatable bonds is 8. The minimum Gasteiger partial charge on any atom is -0.374 e. The highest BCUT2D eigenvalue weighted by atomic mass is 16.5. The summed E-state index contributed by atoms with van der Waals surface area (Å²) in [6, 6.07) is 0. The standard InChI is InChI=1S/C12H25NO/c1-5-6-9-14-12(4)7-8-13-10-11(2)3/h5-6,11-13H,7-10H2,1-4H3. The molecule has 0 saturated heterocycles. The molecular formula is C12H25NO. The average molecular weight is 199 g/mol. The van der Waals surface area contributed by atoms with Crippen LogP contribution in [-0.4, -0.2) is 25.8 Å². The smallest absolute Gasteiger partial charge is 0.0650 e. The van der Waals surface area contributed by atoms with Gasteiger partial charge in [-0.05, 0) is 39.3 Å².